The first-order valence-corrected chi connectivity index (χ1v) is 6.98. The third kappa shape index (κ3) is 4.06. The molecule has 0 aliphatic heterocycles. The van der Waals surface area contributed by atoms with Crippen molar-refractivity contribution in [2.75, 3.05) is 0 Å². The number of aliphatic carboxylic acids is 1. The molecule has 0 aromatic heterocycles. The number of hydrogen-bond acceptors (Lipinski definition) is 2. The van der Waals surface area contributed by atoms with E-state index < -0.39 is 5.97 Å². The van der Waals surface area contributed by atoms with Crippen LogP contribution in [0.25, 0.3) is 0 Å². The predicted octanol–water partition coefficient (Wildman–Crippen LogP) is 2.98. The highest BCUT2D eigenvalue weighted by Crippen LogP contribution is 2.37. The molecule has 1 unspecified atom stereocenters. The second kappa shape index (κ2) is 5.74. The Bertz CT molecular complexity index is 454. The van der Waals surface area contributed by atoms with Gasteiger partial charge in [-0.15, -0.1) is 0 Å². The predicted molar refractivity (Wildman–Crippen MR) is 76.0 cm³/mol. The molecule has 1 aromatic rings. The summed E-state index contributed by atoms with van der Waals surface area (Å²) < 4.78 is 0. The molecule has 19 heavy (non-hydrogen) atoms. The van der Waals surface area contributed by atoms with Gasteiger partial charge in [0.1, 0.15) is 0 Å². The van der Waals surface area contributed by atoms with Gasteiger partial charge in [0.15, 0.2) is 0 Å². The number of rotatable bonds is 5. The van der Waals surface area contributed by atoms with Crippen LogP contribution in [0.4, 0.5) is 0 Å². The lowest BCUT2D eigenvalue weighted by Crippen LogP contribution is -2.27. The third-order valence-corrected chi connectivity index (χ3v) is 4.01. The van der Waals surface area contributed by atoms with E-state index in [1.807, 2.05) is 24.3 Å². The van der Waals surface area contributed by atoms with E-state index in [2.05, 4.69) is 19.2 Å². The molecular weight excluding hydrogens is 238 g/mol. The van der Waals surface area contributed by atoms with Gasteiger partial charge in [0.2, 0.25) is 0 Å². The summed E-state index contributed by atoms with van der Waals surface area (Å²) >= 11 is 0. The largest absolute Gasteiger partial charge is 0.481 e. The van der Waals surface area contributed by atoms with Crippen molar-refractivity contribution in [2.45, 2.75) is 52.1 Å². The van der Waals surface area contributed by atoms with E-state index in [-0.39, 0.29) is 6.42 Å². The van der Waals surface area contributed by atoms with Gasteiger partial charge in [-0.05, 0) is 35.8 Å². The van der Waals surface area contributed by atoms with Crippen molar-refractivity contribution in [3.63, 3.8) is 0 Å². The smallest absolute Gasteiger partial charge is 0.307 e. The van der Waals surface area contributed by atoms with Crippen LogP contribution in [-0.4, -0.2) is 17.1 Å². The molecule has 0 spiro atoms. The van der Waals surface area contributed by atoms with E-state index in [1.165, 1.54) is 19.3 Å². The molecule has 1 aromatic carbocycles. The summed E-state index contributed by atoms with van der Waals surface area (Å²) in [7, 11) is 0. The van der Waals surface area contributed by atoms with Crippen LogP contribution in [0.2, 0.25) is 0 Å². The molecule has 0 bridgehead atoms. The lowest BCUT2D eigenvalue weighted by atomic mass is 9.92. The molecule has 1 fully saturated rings. The summed E-state index contributed by atoms with van der Waals surface area (Å²) in [6.45, 7) is 5.39. The van der Waals surface area contributed by atoms with Crippen molar-refractivity contribution in [2.24, 2.45) is 5.41 Å². The maximum atomic E-state index is 10.8. The van der Waals surface area contributed by atoms with E-state index in [4.69, 9.17) is 5.11 Å². The minimum Gasteiger partial charge on any atom is -0.481 e. The Balaban J connectivity index is 1.94. The zero-order chi connectivity index (χ0) is 13.9. The SMILES string of the molecule is CC1(C)CCC(NCc2ccccc2CC(=O)O)C1. The summed E-state index contributed by atoms with van der Waals surface area (Å²) in [5.74, 6) is -0.769. The average Bonchev–Trinajstić information content (AvgIpc) is 2.67. The molecule has 3 nitrogen and oxygen atoms in total. The van der Waals surface area contributed by atoms with Crippen LogP contribution < -0.4 is 5.32 Å². The molecule has 1 atom stereocenters. The van der Waals surface area contributed by atoms with Crippen molar-refractivity contribution in [1.29, 1.82) is 0 Å². The monoisotopic (exact) mass is 261 g/mol. The molecule has 3 heteroatoms. The van der Waals surface area contributed by atoms with Gasteiger partial charge < -0.3 is 10.4 Å². The van der Waals surface area contributed by atoms with Crippen LogP contribution in [0.3, 0.4) is 0 Å². The summed E-state index contributed by atoms with van der Waals surface area (Å²) in [6.07, 6.45) is 3.79. The number of carbonyl (C=O) groups is 1. The highest BCUT2D eigenvalue weighted by molar-refractivity contribution is 5.70. The van der Waals surface area contributed by atoms with Crippen molar-refractivity contribution < 1.29 is 9.90 Å². The Labute approximate surface area is 115 Å². The van der Waals surface area contributed by atoms with Gasteiger partial charge in [-0.1, -0.05) is 38.1 Å². The number of hydrogen-bond donors (Lipinski definition) is 2. The van der Waals surface area contributed by atoms with Crippen LogP contribution in [0.5, 0.6) is 0 Å². The van der Waals surface area contributed by atoms with E-state index >= 15 is 0 Å². The van der Waals surface area contributed by atoms with Crippen molar-refractivity contribution in [3.05, 3.63) is 35.4 Å². The van der Waals surface area contributed by atoms with Gasteiger partial charge in [-0.3, -0.25) is 4.79 Å². The fourth-order valence-electron chi connectivity index (χ4n) is 2.93. The molecule has 0 heterocycles. The Kier molecular flexibility index (Phi) is 4.25. The molecule has 1 aliphatic carbocycles. The average molecular weight is 261 g/mol. The van der Waals surface area contributed by atoms with Gasteiger partial charge in [0, 0.05) is 12.6 Å². The maximum Gasteiger partial charge on any atom is 0.307 e. The summed E-state index contributed by atoms with van der Waals surface area (Å²) in [5.41, 5.74) is 2.47. The van der Waals surface area contributed by atoms with Gasteiger partial charge >= 0.3 is 5.97 Å². The van der Waals surface area contributed by atoms with E-state index in [9.17, 15) is 4.79 Å². The normalized spacial score (nSPS) is 21.5. The van der Waals surface area contributed by atoms with Crippen molar-refractivity contribution in [3.8, 4) is 0 Å². The molecule has 1 saturated carbocycles. The Morgan fingerprint density at radius 1 is 1.37 bits per heavy atom. The van der Waals surface area contributed by atoms with Gasteiger partial charge in [0.25, 0.3) is 0 Å². The second-order valence-electron chi connectivity index (χ2n) is 6.32. The minimum atomic E-state index is -0.769. The lowest BCUT2D eigenvalue weighted by Gasteiger charge is -2.18. The highest BCUT2D eigenvalue weighted by atomic mass is 16.4. The molecule has 0 radical (unpaired) electrons. The molecular formula is C16H23NO2. The molecule has 104 valence electrons. The second-order valence-corrected chi connectivity index (χ2v) is 6.32. The van der Waals surface area contributed by atoms with Crippen LogP contribution in [0.1, 0.15) is 44.2 Å². The summed E-state index contributed by atoms with van der Waals surface area (Å²) in [5, 5.41) is 12.5. The van der Waals surface area contributed by atoms with Crippen molar-refractivity contribution >= 4 is 5.97 Å². The Hall–Kier alpha value is -1.35. The van der Waals surface area contributed by atoms with Gasteiger partial charge in [-0.25, -0.2) is 0 Å². The number of benzene rings is 1. The van der Waals surface area contributed by atoms with Crippen LogP contribution in [0, 0.1) is 5.41 Å². The van der Waals surface area contributed by atoms with Crippen LogP contribution >= 0.6 is 0 Å². The Morgan fingerprint density at radius 2 is 2.05 bits per heavy atom. The maximum absolute atomic E-state index is 10.8. The first kappa shape index (κ1) is 14.1. The zero-order valence-electron chi connectivity index (χ0n) is 11.8. The number of nitrogens with one attached hydrogen (secondary N) is 1. The van der Waals surface area contributed by atoms with E-state index in [0.717, 1.165) is 17.7 Å². The van der Waals surface area contributed by atoms with E-state index in [0.29, 0.717) is 11.5 Å². The van der Waals surface area contributed by atoms with E-state index in [1.54, 1.807) is 0 Å². The fourth-order valence-corrected chi connectivity index (χ4v) is 2.93. The van der Waals surface area contributed by atoms with Gasteiger partial charge in [0.05, 0.1) is 6.42 Å². The zero-order valence-corrected chi connectivity index (χ0v) is 11.8. The third-order valence-electron chi connectivity index (χ3n) is 4.01. The lowest BCUT2D eigenvalue weighted by molar-refractivity contribution is -0.136. The molecule has 0 amide bonds. The first-order valence-electron chi connectivity index (χ1n) is 6.98. The van der Waals surface area contributed by atoms with Gasteiger partial charge in [-0.2, -0.15) is 0 Å². The quantitative estimate of drug-likeness (QED) is 0.856. The number of carboxylic acid groups (broad SMARTS) is 1. The molecule has 2 N–H and O–H groups in total. The van der Waals surface area contributed by atoms with Crippen molar-refractivity contribution in [1.82, 2.24) is 5.32 Å². The molecule has 1 aliphatic rings. The topological polar surface area (TPSA) is 49.3 Å². The van der Waals surface area contributed by atoms with Crippen LogP contribution in [-0.2, 0) is 17.8 Å². The fraction of sp³-hybridized carbons (Fsp3) is 0.562. The number of carboxylic acids is 1. The first-order chi connectivity index (χ1) is 8.96. The Morgan fingerprint density at radius 3 is 2.63 bits per heavy atom. The molecule has 2 rings (SSSR count). The van der Waals surface area contributed by atoms with Crippen LogP contribution in [0.15, 0.2) is 24.3 Å². The highest BCUT2D eigenvalue weighted by Gasteiger charge is 2.30. The standard InChI is InChI=1S/C16H23NO2/c1-16(2)8-7-14(10-16)17-11-13-6-4-3-5-12(13)9-15(18)19/h3-6,14,17H,7-11H2,1-2H3,(H,18,19). The summed E-state index contributed by atoms with van der Waals surface area (Å²) in [4.78, 5) is 10.8. The molecule has 0 saturated heterocycles. The summed E-state index contributed by atoms with van der Waals surface area (Å²) in [6, 6.07) is 8.36. The minimum absolute atomic E-state index is 0.105.